The van der Waals surface area contributed by atoms with E-state index in [2.05, 4.69) is 0 Å². The third kappa shape index (κ3) is 3.62. The molecule has 0 aliphatic carbocycles. The zero-order valence-electron chi connectivity index (χ0n) is 13.4. The highest BCUT2D eigenvalue weighted by atomic mass is 32.2. The number of hydrogen-bond donors (Lipinski definition) is 2. The third-order valence-corrected chi connectivity index (χ3v) is 7.41. The van der Waals surface area contributed by atoms with E-state index in [1.807, 2.05) is 17.5 Å². The molecule has 1 fully saturated rings. The number of thiophene rings is 1. The van der Waals surface area contributed by atoms with Crippen molar-refractivity contribution in [2.24, 2.45) is 5.92 Å². The topological polar surface area (TPSA) is 94.9 Å². The van der Waals surface area contributed by atoms with Gasteiger partial charge < -0.3 is 10.2 Å². The molecule has 0 radical (unpaired) electrons. The molecule has 1 aliphatic rings. The minimum atomic E-state index is -3.87. The summed E-state index contributed by atoms with van der Waals surface area (Å²) in [5.41, 5.74) is -0.219. The largest absolute Gasteiger partial charge is 0.478 e. The van der Waals surface area contributed by atoms with Crippen molar-refractivity contribution in [1.82, 2.24) is 4.31 Å². The molecule has 8 heteroatoms. The minimum absolute atomic E-state index is 0.000169. The van der Waals surface area contributed by atoms with E-state index in [9.17, 15) is 23.4 Å². The first-order chi connectivity index (χ1) is 11.9. The smallest absolute Gasteiger partial charge is 0.337 e. The lowest BCUT2D eigenvalue weighted by Crippen LogP contribution is -2.40. The fourth-order valence-corrected chi connectivity index (χ4v) is 5.59. The quantitative estimate of drug-likeness (QED) is 0.830. The van der Waals surface area contributed by atoms with Crippen LogP contribution in [0.4, 0.5) is 0 Å². The van der Waals surface area contributed by atoms with E-state index >= 15 is 0 Å². The summed E-state index contributed by atoms with van der Waals surface area (Å²) in [6, 6.07) is 9.40. The molecule has 3 rings (SSSR count). The number of aliphatic hydroxyl groups is 1. The van der Waals surface area contributed by atoms with E-state index in [-0.39, 0.29) is 29.5 Å². The van der Waals surface area contributed by atoms with Gasteiger partial charge in [0.05, 0.1) is 16.6 Å². The standard InChI is InChI=1S/C17H19NO5S2/c19-16(14-5-3-11-24-14)12-7-9-18(10-8-12)25(22,23)15-6-2-1-4-13(15)17(20)21/h1-6,11-12,16,19H,7-10H2,(H,20,21). The normalized spacial score (nSPS) is 18.1. The average molecular weight is 381 g/mol. The molecule has 2 heterocycles. The zero-order valence-corrected chi connectivity index (χ0v) is 15.0. The van der Waals surface area contributed by atoms with Gasteiger partial charge in [0.2, 0.25) is 10.0 Å². The highest BCUT2D eigenvalue weighted by molar-refractivity contribution is 7.89. The number of carbonyl (C=O) groups is 1. The predicted molar refractivity (Wildman–Crippen MR) is 94.2 cm³/mol. The van der Waals surface area contributed by atoms with Gasteiger partial charge in [-0.25, -0.2) is 13.2 Å². The number of rotatable bonds is 5. The van der Waals surface area contributed by atoms with Crippen LogP contribution in [0, 0.1) is 5.92 Å². The van der Waals surface area contributed by atoms with Crippen LogP contribution in [0.25, 0.3) is 0 Å². The molecular formula is C17H19NO5S2. The Kier molecular flexibility index (Phi) is 5.24. The fourth-order valence-electron chi connectivity index (χ4n) is 3.13. The first-order valence-corrected chi connectivity index (χ1v) is 10.3. The van der Waals surface area contributed by atoms with E-state index in [1.165, 1.54) is 39.9 Å². The van der Waals surface area contributed by atoms with Crippen molar-refractivity contribution in [2.45, 2.75) is 23.8 Å². The summed E-state index contributed by atoms with van der Waals surface area (Å²) in [5.74, 6) is -1.26. The van der Waals surface area contributed by atoms with Gasteiger partial charge in [-0.15, -0.1) is 11.3 Å². The van der Waals surface area contributed by atoms with Crippen molar-refractivity contribution in [2.75, 3.05) is 13.1 Å². The number of hydrogen-bond acceptors (Lipinski definition) is 5. The molecule has 1 atom stereocenters. The van der Waals surface area contributed by atoms with Gasteiger partial charge in [-0.2, -0.15) is 4.31 Å². The first-order valence-electron chi connectivity index (χ1n) is 7.95. The van der Waals surface area contributed by atoms with E-state index in [1.54, 1.807) is 0 Å². The SMILES string of the molecule is O=C(O)c1ccccc1S(=O)(=O)N1CCC(C(O)c2cccs2)CC1. The predicted octanol–water partition coefficient (Wildman–Crippen LogP) is 2.58. The van der Waals surface area contributed by atoms with Gasteiger partial charge in [-0.1, -0.05) is 18.2 Å². The molecule has 1 aromatic heterocycles. The van der Waals surface area contributed by atoms with Gasteiger partial charge in [-0.3, -0.25) is 0 Å². The molecule has 0 bridgehead atoms. The van der Waals surface area contributed by atoms with Crippen molar-refractivity contribution < 1.29 is 23.4 Å². The van der Waals surface area contributed by atoms with Crippen molar-refractivity contribution in [3.63, 3.8) is 0 Å². The van der Waals surface area contributed by atoms with Crippen LogP contribution in [0.15, 0.2) is 46.7 Å². The molecule has 0 amide bonds. The Balaban J connectivity index is 1.75. The first kappa shape index (κ1) is 18.1. The van der Waals surface area contributed by atoms with Gasteiger partial charge in [-0.05, 0) is 42.3 Å². The molecule has 6 nitrogen and oxygen atoms in total. The second kappa shape index (κ2) is 7.25. The number of piperidine rings is 1. The number of benzene rings is 1. The summed E-state index contributed by atoms with van der Waals surface area (Å²) < 4.78 is 27.0. The summed E-state index contributed by atoms with van der Waals surface area (Å²) in [6.07, 6.45) is 0.484. The molecule has 1 aliphatic heterocycles. The summed E-state index contributed by atoms with van der Waals surface area (Å²) >= 11 is 1.49. The zero-order chi connectivity index (χ0) is 18.0. The van der Waals surface area contributed by atoms with E-state index in [4.69, 9.17) is 0 Å². The van der Waals surface area contributed by atoms with Crippen molar-refractivity contribution >= 4 is 27.3 Å². The molecule has 1 unspecified atom stereocenters. The lowest BCUT2D eigenvalue weighted by atomic mass is 9.91. The van der Waals surface area contributed by atoms with Crippen LogP contribution in [-0.2, 0) is 10.0 Å². The maximum Gasteiger partial charge on any atom is 0.337 e. The Morgan fingerprint density at radius 1 is 1.16 bits per heavy atom. The molecule has 1 saturated heterocycles. The molecular weight excluding hydrogens is 362 g/mol. The maximum absolute atomic E-state index is 12.8. The second-order valence-electron chi connectivity index (χ2n) is 6.00. The Labute approximate surface area is 150 Å². The Bertz CT molecular complexity index is 840. The maximum atomic E-state index is 12.8. The third-order valence-electron chi connectivity index (χ3n) is 4.52. The highest BCUT2D eigenvalue weighted by Crippen LogP contribution is 2.34. The highest BCUT2D eigenvalue weighted by Gasteiger charge is 2.34. The second-order valence-corrected chi connectivity index (χ2v) is 8.89. The van der Waals surface area contributed by atoms with Gasteiger partial charge in [0.15, 0.2) is 0 Å². The van der Waals surface area contributed by atoms with Crippen LogP contribution in [0.3, 0.4) is 0 Å². The van der Waals surface area contributed by atoms with Gasteiger partial charge in [0.1, 0.15) is 0 Å². The molecule has 134 valence electrons. The number of nitrogens with zero attached hydrogens (tertiary/aromatic N) is 1. The molecule has 0 saturated carbocycles. The van der Waals surface area contributed by atoms with E-state index in [0.29, 0.717) is 12.8 Å². The van der Waals surface area contributed by atoms with Crippen LogP contribution >= 0.6 is 11.3 Å². The van der Waals surface area contributed by atoms with Gasteiger partial charge in [0, 0.05) is 18.0 Å². The molecule has 1 aromatic carbocycles. The number of aromatic carboxylic acids is 1. The summed E-state index contributed by atoms with van der Waals surface area (Å²) in [4.78, 5) is 12.0. The number of sulfonamides is 1. The van der Waals surface area contributed by atoms with Crippen LogP contribution < -0.4 is 0 Å². The van der Waals surface area contributed by atoms with E-state index in [0.717, 1.165) is 4.88 Å². The molecule has 0 spiro atoms. The number of carboxylic acid groups (broad SMARTS) is 1. The van der Waals surface area contributed by atoms with Crippen molar-refractivity contribution in [3.05, 3.63) is 52.2 Å². The minimum Gasteiger partial charge on any atom is -0.478 e. The van der Waals surface area contributed by atoms with Crippen LogP contribution in [0.2, 0.25) is 0 Å². The Morgan fingerprint density at radius 2 is 1.84 bits per heavy atom. The Morgan fingerprint density at radius 3 is 2.44 bits per heavy atom. The van der Waals surface area contributed by atoms with Gasteiger partial charge >= 0.3 is 5.97 Å². The Hall–Kier alpha value is -1.74. The number of aliphatic hydroxyl groups excluding tert-OH is 1. The van der Waals surface area contributed by atoms with Crippen LogP contribution in [0.1, 0.15) is 34.2 Å². The van der Waals surface area contributed by atoms with Crippen LogP contribution in [0.5, 0.6) is 0 Å². The van der Waals surface area contributed by atoms with Gasteiger partial charge in [0.25, 0.3) is 0 Å². The fraction of sp³-hybridized carbons (Fsp3) is 0.353. The van der Waals surface area contributed by atoms with Crippen LogP contribution in [-0.4, -0.2) is 42.0 Å². The lowest BCUT2D eigenvalue weighted by Gasteiger charge is -2.33. The summed E-state index contributed by atoms with van der Waals surface area (Å²) in [7, 11) is -3.87. The lowest BCUT2D eigenvalue weighted by molar-refractivity contribution is 0.0692. The number of carboxylic acids is 1. The molecule has 2 aromatic rings. The average Bonchev–Trinajstić information content (AvgIpc) is 3.16. The van der Waals surface area contributed by atoms with Crippen molar-refractivity contribution in [1.29, 1.82) is 0 Å². The van der Waals surface area contributed by atoms with E-state index < -0.39 is 22.1 Å². The summed E-state index contributed by atoms with van der Waals surface area (Å²) in [5, 5.41) is 21.6. The summed E-state index contributed by atoms with van der Waals surface area (Å²) in [6.45, 7) is 0.535. The molecule has 25 heavy (non-hydrogen) atoms. The molecule has 2 N–H and O–H groups in total. The van der Waals surface area contributed by atoms with Crippen molar-refractivity contribution in [3.8, 4) is 0 Å². The monoisotopic (exact) mass is 381 g/mol.